The van der Waals surface area contributed by atoms with E-state index in [2.05, 4.69) is 26.4 Å². The minimum Gasteiger partial charge on any atom is -0.353 e. The van der Waals surface area contributed by atoms with Gasteiger partial charge in [-0.3, -0.25) is 14.4 Å². The van der Waals surface area contributed by atoms with Gasteiger partial charge in [0.15, 0.2) is 0 Å². The molecule has 0 unspecified atom stereocenters. The molecule has 1 amide bonds. The summed E-state index contributed by atoms with van der Waals surface area (Å²) >= 11 is 1.64. The summed E-state index contributed by atoms with van der Waals surface area (Å²) in [5.74, 6) is 0.117. The van der Waals surface area contributed by atoms with Crippen LogP contribution in [-0.4, -0.2) is 44.7 Å². The van der Waals surface area contributed by atoms with Gasteiger partial charge in [-0.1, -0.05) is 30.3 Å². The zero-order chi connectivity index (χ0) is 20.2. The van der Waals surface area contributed by atoms with Gasteiger partial charge >= 0.3 is 0 Å². The SMILES string of the molecule is Cc1ncsc1-c1cc(CN2CCC(NC(=O)Cc3ccccc3)CC2)n(C)n1. The van der Waals surface area contributed by atoms with Crippen LogP contribution in [0.2, 0.25) is 0 Å². The van der Waals surface area contributed by atoms with Crippen molar-refractivity contribution in [3.63, 3.8) is 0 Å². The fraction of sp³-hybridized carbons (Fsp3) is 0.409. The highest BCUT2D eigenvalue weighted by Crippen LogP contribution is 2.27. The van der Waals surface area contributed by atoms with Crippen molar-refractivity contribution >= 4 is 17.2 Å². The van der Waals surface area contributed by atoms with E-state index in [0.717, 1.165) is 54.3 Å². The molecule has 1 saturated heterocycles. The molecular weight excluding hydrogens is 382 g/mol. The number of aryl methyl sites for hydroxylation is 2. The number of nitrogens with zero attached hydrogens (tertiary/aromatic N) is 4. The highest BCUT2D eigenvalue weighted by Gasteiger charge is 2.22. The molecule has 0 bridgehead atoms. The Morgan fingerprint density at radius 2 is 2.00 bits per heavy atom. The number of nitrogens with one attached hydrogen (secondary N) is 1. The molecule has 1 aromatic carbocycles. The first kappa shape index (κ1) is 19.8. The summed E-state index contributed by atoms with van der Waals surface area (Å²) in [4.78, 5) is 20.2. The third-order valence-corrected chi connectivity index (χ3v) is 6.45. The first-order valence-corrected chi connectivity index (χ1v) is 11.0. The smallest absolute Gasteiger partial charge is 0.224 e. The highest BCUT2D eigenvalue weighted by molar-refractivity contribution is 7.13. The molecule has 0 aliphatic carbocycles. The summed E-state index contributed by atoms with van der Waals surface area (Å²) in [5, 5.41) is 7.88. The second-order valence-electron chi connectivity index (χ2n) is 7.69. The maximum atomic E-state index is 12.3. The summed E-state index contributed by atoms with van der Waals surface area (Å²) in [6.07, 6.45) is 2.42. The second-order valence-corrected chi connectivity index (χ2v) is 8.55. The lowest BCUT2D eigenvalue weighted by molar-refractivity contribution is -0.121. The van der Waals surface area contributed by atoms with E-state index in [1.807, 2.05) is 54.5 Å². The number of carbonyl (C=O) groups excluding carboxylic acids is 1. The lowest BCUT2D eigenvalue weighted by atomic mass is 10.0. The Labute approximate surface area is 175 Å². The quantitative estimate of drug-likeness (QED) is 0.679. The molecular formula is C22H27N5OS. The van der Waals surface area contributed by atoms with Gasteiger partial charge in [0.05, 0.1) is 28.2 Å². The van der Waals surface area contributed by atoms with E-state index in [1.54, 1.807) is 11.3 Å². The molecule has 0 radical (unpaired) electrons. The molecule has 0 spiro atoms. The van der Waals surface area contributed by atoms with Crippen molar-refractivity contribution in [1.29, 1.82) is 0 Å². The topological polar surface area (TPSA) is 63.1 Å². The molecule has 1 N–H and O–H groups in total. The number of hydrogen-bond acceptors (Lipinski definition) is 5. The van der Waals surface area contributed by atoms with E-state index in [1.165, 1.54) is 5.69 Å². The number of aromatic nitrogens is 3. The van der Waals surface area contributed by atoms with E-state index in [0.29, 0.717) is 6.42 Å². The maximum Gasteiger partial charge on any atom is 0.224 e. The Balaban J connectivity index is 1.28. The van der Waals surface area contributed by atoms with E-state index >= 15 is 0 Å². The minimum absolute atomic E-state index is 0.117. The summed E-state index contributed by atoms with van der Waals surface area (Å²) in [6.45, 7) is 4.87. The average Bonchev–Trinajstić information content (AvgIpc) is 3.29. The zero-order valence-corrected chi connectivity index (χ0v) is 17.8. The minimum atomic E-state index is 0.117. The molecule has 3 aromatic rings. The third kappa shape index (κ3) is 4.92. The van der Waals surface area contributed by atoms with E-state index in [4.69, 9.17) is 0 Å². The van der Waals surface area contributed by atoms with E-state index in [9.17, 15) is 4.79 Å². The molecule has 7 heteroatoms. The molecule has 29 heavy (non-hydrogen) atoms. The largest absolute Gasteiger partial charge is 0.353 e. The molecule has 2 aromatic heterocycles. The van der Waals surface area contributed by atoms with Crippen LogP contribution in [0.15, 0.2) is 41.9 Å². The second kappa shape index (κ2) is 8.88. The predicted octanol–water partition coefficient (Wildman–Crippen LogP) is 3.18. The fourth-order valence-corrected chi connectivity index (χ4v) is 4.60. The standard InChI is InChI=1S/C22H27N5OS/c1-16-22(29-15-23-16)20-13-19(26(2)25-20)14-27-10-8-18(9-11-27)24-21(28)12-17-6-4-3-5-7-17/h3-7,13,15,18H,8-12,14H2,1-2H3,(H,24,28). The van der Waals surface area contributed by atoms with Crippen molar-refractivity contribution < 1.29 is 4.79 Å². The van der Waals surface area contributed by atoms with Crippen molar-refractivity contribution in [1.82, 2.24) is 25.0 Å². The van der Waals surface area contributed by atoms with Gasteiger partial charge < -0.3 is 5.32 Å². The van der Waals surface area contributed by atoms with Gasteiger partial charge in [0.2, 0.25) is 5.91 Å². The van der Waals surface area contributed by atoms with Crippen LogP contribution >= 0.6 is 11.3 Å². The van der Waals surface area contributed by atoms with Gasteiger partial charge in [-0.2, -0.15) is 5.10 Å². The number of carbonyl (C=O) groups is 1. The van der Waals surface area contributed by atoms with Crippen LogP contribution in [0.1, 0.15) is 29.8 Å². The van der Waals surface area contributed by atoms with Crippen LogP contribution in [0.3, 0.4) is 0 Å². The Kier molecular flexibility index (Phi) is 6.06. The molecule has 0 atom stereocenters. The molecule has 6 nitrogen and oxygen atoms in total. The van der Waals surface area contributed by atoms with Crippen molar-refractivity contribution in [3.8, 4) is 10.6 Å². The lowest BCUT2D eigenvalue weighted by Crippen LogP contribution is -2.44. The van der Waals surface area contributed by atoms with Gasteiger partial charge in [0, 0.05) is 32.7 Å². The molecule has 0 saturated carbocycles. The number of benzene rings is 1. The van der Waals surface area contributed by atoms with Gasteiger partial charge in [0.1, 0.15) is 5.69 Å². The van der Waals surface area contributed by atoms with Crippen LogP contribution in [0.25, 0.3) is 10.6 Å². The number of rotatable bonds is 6. The molecule has 152 valence electrons. The predicted molar refractivity (Wildman–Crippen MR) is 116 cm³/mol. The Bertz CT molecular complexity index is 957. The normalized spacial score (nSPS) is 15.5. The summed E-state index contributed by atoms with van der Waals surface area (Å²) in [6, 6.07) is 12.4. The first-order chi connectivity index (χ1) is 14.1. The third-order valence-electron chi connectivity index (χ3n) is 5.50. The summed E-state index contributed by atoms with van der Waals surface area (Å²) < 4.78 is 1.97. The van der Waals surface area contributed by atoms with Crippen LogP contribution in [-0.2, 0) is 24.8 Å². The van der Waals surface area contributed by atoms with Gasteiger partial charge in [-0.25, -0.2) is 4.98 Å². The van der Waals surface area contributed by atoms with Crippen molar-refractivity contribution in [2.75, 3.05) is 13.1 Å². The summed E-state index contributed by atoms with van der Waals surface area (Å²) in [5.41, 5.74) is 6.18. The summed E-state index contributed by atoms with van der Waals surface area (Å²) in [7, 11) is 2.01. The van der Waals surface area contributed by atoms with Gasteiger partial charge in [0.25, 0.3) is 0 Å². The van der Waals surface area contributed by atoms with Crippen LogP contribution < -0.4 is 5.32 Å². The molecule has 3 heterocycles. The van der Waals surface area contributed by atoms with Crippen LogP contribution in [0.4, 0.5) is 0 Å². The lowest BCUT2D eigenvalue weighted by Gasteiger charge is -2.32. The average molecular weight is 410 g/mol. The Morgan fingerprint density at radius 3 is 2.69 bits per heavy atom. The molecule has 1 fully saturated rings. The molecule has 1 aliphatic heterocycles. The monoisotopic (exact) mass is 409 g/mol. The molecule has 4 rings (SSSR count). The first-order valence-electron chi connectivity index (χ1n) is 10.1. The fourth-order valence-electron chi connectivity index (χ4n) is 3.84. The number of piperidine rings is 1. The Hall–Kier alpha value is -2.51. The van der Waals surface area contributed by atoms with Gasteiger partial charge in [-0.05, 0) is 31.4 Å². The van der Waals surface area contributed by atoms with Gasteiger partial charge in [-0.15, -0.1) is 11.3 Å². The van der Waals surface area contributed by atoms with Crippen molar-refractivity contribution in [3.05, 3.63) is 58.9 Å². The number of likely N-dealkylation sites (tertiary alicyclic amines) is 1. The zero-order valence-electron chi connectivity index (χ0n) is 17.0. The van der Waals surface area contributed by atoms with Crippen molar-refractivity contribution in [2.45, 2.75) is 38.8 Å². The van der Waals surface area contributed by atoms with E-state index in [-0.39, 0.29) is 11.9 Å². The molecule has 1 aliphatic rings. The number of thiazole rings is 1. The number of amides is 1. The van der Waals surface area contributed by atoms with E-state index < -0.39 is 0 Å². The maximum absolute atomic E-state index is 12.3. The number of hydrogen-bond donors (Lipinski definition) is 1. The van der Waals surface area contributed by atoms with Crippen molar-refractivity contribution in [2.24, 2.45) is 7.05 Å². The van der Waals surface area contributed by atoms with Crippen LogP contribution in [0, 0.1) is 6.92 Å². The van der Waals surface area contributed by atoms with Crippen LogP contribution in [0.5, 0.6) is 0 Å². The highest BCUT2D eigenvalue weighted by atomic mass is 32.1. The Morgan fingerprint density at radius 1 is 1.24 bits per heavy atom.